The van der Waals surface area contributed by atoms with Crippen LogP contribution in [-0.2, 0) is 0 Å². The Bertz CT molecular complexity index is 219. The third-order valence-corrected chi connectivity index (χ3v) is 2.19. The van der Waals surface area contributed by atoms with E-state index in [9.17, 15) is 0 Å². The van der Waals surface area contributed by atoms with Gasteiger partial charge in [0, 0.05) is 0 Å². The Kier molecular flexibility index (Phi) is 7.07. The Morgan fingerprint density at radius 2 is 1.50 bits per heavy atom. The Morgan fingerprint density at radius 1 is 1.00 bits per heavy atom. The van der Waals surface area contributed by atoms with Crippen molar-refractivity contribution in [2.75, 3.05) is 0 Å². The smallest absolute Gasteiger partial charge is 0.0188 e. The zero-order valence-corrected chi connectivity index (χ0v) is 9.14. The van der Waals surface area contributed by atoms with Gasteiger partial charge in [0.25, 0.3) is 0 Å². The van der Waals surface area contributed by atoms with Gasteiger partial charge < -0.3 is 0 Å². The first-order valence-electron chi connectivity index (χ1n) is 4.95. The van der Waals surface area contributed by atoms with E-state index in [1.807, 2.05) is 0 Å². The topological polar surface area (TPSA) is 40.5 Å². The number of benzene rings is 1. The van der Waals surface area contributed by atoms with Gasteiger partial charge in [-0.2, -0.15) is 0 Å². The van der Waals surface area contributed by atoms with Crippen molar-refractivity contribution in [1.29, 1.82) is 0 Å². The largest absolute Gasteiger partial charge is 0.255 e. The molecular weight excluding hydrogens is 176 g/mol. The summed E-state index contributed by atoms with van der Waals surface area (Å²) in [6.45, 7) is 6.86. The first-order chi connectivity index (χ1) is 6.70. The molecule has 0 aliphatic heterocycles. The van der Waals surface area contributed by atoms with Crippen LogP contribution in [0.1, 0.15) is 38.7 Å². The van der Waals surface area contributed by atoms with E-state index in [1.54, 1.807) is 0 Å². The lowest BCUT2D eigenvalue weighted by Gasteiger charge is -2.13. The van der Waals surface area contributed by atoms with Crippen LogP contribution in [0.15, 0.2) is 30.3 Å². The van der Waals surface area contributed by atoms with E-state index in [2.05, 4.69) is 51.1 Å². The van der Waals surface area contributed by atoms with Crippen molar-refractivity contribution in [3.8, 4) is 0 Å². The van der Waals surface area contributed by atoms with Crippen LogP contribution in [0.2, 0.25) is 0 Å². The van der Waals surface area contributed by atoms with Gasteiger partial charge in [0.15, 0.2) is 0 Å². The summed E-state index contributed by atoms with van der Waals surface area (Å²) in [6.07, 6.45) is 1.28. The van der Waals surface area contributed by atoms with Gasteiger partial charge in [-0.3, -0.25) is 10.5 Å². The number of rotatable bonds is 3. The summed E-state index contributed by atoms with van der Waals surface area (Å²) in [5, 5.41) is 12.0. The van der Waals surface area contributed by atoms with Gasteiger partial charge in [0.2, 0.25) is 0 Å². The van der Waals surface area contributed by atoms with E-state index in [0.717, 1.165) is 5.92 Å². The maximum atomic E-state index is 6.00. The highest BCUT2D eigenvalue weighted by Gasteiger charge is 2.06. The summed E-state index contributed by atoms with van der Waals surface area (Å²) in [7, 11) is 0. The number of hydrogen-bond acceptors (Lipinski definition) is 2. The van der Waals surface area contributed by atoms with Crippen LogP contribution < -0.4 is 0 Å². The van der Waals surface area contributed by atoms with E-state index in [1.165, 1.54) is 12.0 Å². The normalized spacial score (nSPS) is 11.9. The predicted molar refractivity (Wildman–Crippen MR) is 59.6 cm³/mol. The Hall–Kier alpha value is -0.860. The molecule has 0 bridgehead atoms. The minimum absolute atomic E-state index is 0.700. The molecule has 2 heteroatoms. The summed E-state index contributed by atoms with van der Waals surface area (Å²) >= 11 is 0. The molecule has 0 heterocycles. The van der Waals surface area contributed by atoms with Crippen LogP contribution in [0, 0.1) is 5.92 Å². The fourth-order valence-corrected chi connectivity index (χ4v) is 1.62. The molecule has 1 unspecified atom stereocenters. The maximum absolute atomic E-state index is 6.00. The van der Waals surface area contributed by atoms with Gasteiger partial charge in [-0.1, -0.05) is 51.1 Å². The summed E-state index contributed by atoms with van der Waals surface area (Å²) in [4.78, 5) is 0. The molecule has 1 rings (SSSR count). The molecule has 80 valence electrons. The summed E-state index contributed by atoms with van der Waals surface area (Å²) in [5.41, 5.74) is 1.46. The first kappa shape index (κ1) is 13.1. The van der Waals surface area contributed by atoms with Crippen molar-refractivity contribution in [1.82, 2.24) is 0 Å². The minimum atomic E-state index is 0.700. The van der Waals surface area contributed by atoms with Crippen molar-refractivity contribution in [3.63, 3.8) is 0 Å². The van der Waals surface area contributed by atoms with E-state index >= 15 is 0 Å². The second-order valence-corrected chi connectivity index (χ2v) is 3.94. The standard InChI is InChI=1S/C12H18.H2O2/c1-10(2)9-11(3)12-7-5-4-6-8-12;1-2/h4-8,10-11H,9H2,1-3H3;1-2H. The van der Waals surface area contributed by atoms with Crippen LogP contribution in [0.5, 0.6) is 0 Å². The quantitative estimate of drug-likeness (QED) is 0.569. The molecule has 0 aromatic heterocycles. The molecule has 0 aliphatic carbocycles. The lowest BCUT2D eigenvalue weighted by atomic mass is 9.92. The molecule has 0 radical (unpaired) electrons. The van der Waals surface area contributed by atoms with Crippen LogP contribution in [0.4, 0.5) is 0 Å². The molecule has 0 saturated carbocycles. The Labute approximate surface area is 86.1 Å². The minimum Gasteiger partial charge on any atom is -0.255 e. The average molecular weight is 196 g/mol. The van der Waals surface area contributed by atoms with Gasteiger partial charge in [0.05, 0.1) is 0 Å². The Morgan fingerprint density at radius 3 is 1.93 bits per heavy atom. The molecule has 0 saturated heterocycles. The molecule has 2 N–H and O–H groups in total. The highest BCUT2D eigenvalue weighted by Crippen LogP contribution is 2.22. The zero-order chi connectivity index (χ0) is 11.0. The summed E-state index contributed by atoms with van der Waals surface area (Å²) in [5.74, 6) is 1.49. The lowest BCUT2D eigenvalue weighted by molar-refractivity contribution is -0.176. The van der Waals surface area contributed by atoms with Crippen molar-refractivity contribution >= 4 is 0 Å². The molecule has 1 atom stereocenters. The lowest BCUT2D eigenvalue weighted by Crippen LogP contribution is -1.97. The first-order valence-corrected chi connectivity index (χ1v) is 4.95. The highest BCUT2D eigenvalue weighted by molar-refractivity contribution is 5.18. The fraction of sp³-hybridized carbons (Fsp3) is 0.500. The fourth-order valence-electron chi connectivity index (χ4n) is 1.62. The number of hydrogen-bond donors (Lipinski definition) is 2. The second kappa shape index (κ2) is 7.54. The van der Waals surface area contributed by atoms with Crippen LogP contribution >= 0.6 is 0 Å². The van der Waals surface area contributed by atoms with Crippen molar-refractivity contribution in [2.45, 2.75) is 33.1 Å². The molecular formula is C12H20O2. The molecule has 0 aliphatic rings. The van der Waals surface area contributed by atoms with Gasteiger partial charge in [-0.25, -0.2) is 0 Å². The average Bonchev–Trinajstić information content (AvgIpc) is 2.21. The van der Waals surface area contributed by atoms with Crippen molar-refractivity contribution in [3.05, 3.63) is 35.9 Å². The molecule has 14 heavy (non-hydrogen) atoms. The highest BCUT2D eigenvalue weighted by atomic mass is 17.0. The monoisotopic (exact) mass is 196 g/mol. The molecule has 1 aromatic carbocycles. The van der Waals surface area contributed by atoms with Crippen molar-refractivity contribution in [2.24, 2.45) is 5.92 Å². The van der Waals surface area contributed by atoms with Crippen LogP contribution in [-0.4, -0.2) is 10.5 Å². The van der Waals surface area contributed by atoms with E-state index < -0.39 is 0 Å². The SMILES string of the molecule is CC(C)CC(C)c1ccccc1.OO. The van der Waals surface area contributed by atoms with Gasteiger partial charge in [-0.15, -0.1) is 0 Å². The molecule has 1 aromatic rings. The van der Waals surface area contributed by atoms with E-state index in [4.69, 9.17) is 10.5 Å². The predicted octanol–water partition coefficient (Wildman–Crippen LogP) is 3.85. The van der Waals surface area contributed by atoms with Gasteiger partial charge in [0.1, 0.15) is 0 Å². The van der Waals surface area contributed by atoms with Gasteiger partial charge >= 0.3 is 0 Å². The van der Waals surface area contributed by atoms with E-state index in [-0.39, 0.29) is 0 Å². The third-order valence-electron chi connectivity index (χ3n) is 2.19. The summed E-state index contributed by atoms with van der Waals surface area (Å²) < 4.78 is 0. The van der Waals surface area contributed by atoms with Gasteiger partial charge in [-0.05, 0) is 23.8 Å². The third kappa shape index (κ3) is 5.00. The summed E-state index contributed by atoms with van der Waals surface area (Å²) in [6, 6.07) is 10.7. The van der Waals surface area contributed by atoms with Crippen LogP contribution in [0.25, 0.3) is 0 Å². The van der Waals surface area contributed by atoms with Crippen LogP contribution in [0.3, 0.4) is 0 Å². The molecule has 2 nitrogen and oxygen atoms in total. The molecule has 0 spiro atoms. The zero-order valence-electron chi connectivity index (χ0n) is 9.14. The molecule has 0 amide bonds. The Balaban J connectivity index is 0.000000791. The van der Waals surface area contributed by atoms with E-state index in [0.29, 0.717) is 5.92 Å². The van der Waals surface area contributed by atoms with Crippen molar-refractivity contribution < 1.29 is 10.5 Å². The maximum Gasteiger partial charge on any atom is -0.0188 e. The second-order valence-electron chi connectivity index (χ2n) is 3.94. The molecule has 0 fully saturated rings.